The summed E-state index contributed by atoms with van der Waals surface area (Å²) in [5, 5.41) is 5.90. The lowest BCUT2D eigenvalue weighted by Crippen LogP contribution is -2.76. The molecule has 0 spiro atoms. The smallest absolute Gasteiger partial charge is 0.410 e. The number of nitrogens with zero attached hydrogens (tertiary/aromatic N) is 5. The summed E-state index contributed by atoms with van der Waals surface area (Å²) in [7, 11) is 3.12. The van der Waals surface area contributed by atoms with Gasteiger partial charge in [-0.2, -0.15) is 0 Å². The summed E-state index contributed by atoms with van der Waals surface area (Å²) in [6.07, 6.45) is 0.132. The van der Waals surface area contributed by atoms with E-state index in [2.05, 4.69) is 11.9 Å². The Morgan fingerprint density at radius 2 is 1.74 bits per heavy atom. The number of ether oxygens (including phenoxy) is 1. The van der Waals surface area contributed by atoms with Crippen molar-refractivity contribution >= 4 is 23.9 Å². The van der Waals surface area contributed by atoms with E-state index in [0.29, 0.717) is 11.3 Å². The lowest BCUT2D eigenvalue weighted by atomic mass is 9.98. The molecule has 0 saturated carbocycles. The molecule has 1 N–H and O–H groups in total. The van der Waals surface area contributed by atoms with Gasteiger partial charge < -0.3 is 24.8 Å². The minimum atomic E-state index is -1.06. The van der Waals surface area contributed by atoms with E-state index < -0.39 is 41.9 Å². The van der Waals surface area contributed by atoms with E-state index in [1.54, 1.807) is 49.4 Å². The largest absolute Gasteiger partial charge is 0.414 e. The number of fused-ring (bicyclic) bond motifs is 1. The van der Waals surface area contributed by atoms with Crippen LogP contribution in [0.25, 0.3) is 0 Å². The van der Waals surface area contributed by atoms with E-state index in [-0.39, 0.29) is 50.6 Å². The van der Waals surface area contributed by atoms with E-state index in [4.69, 9.17) is 4.74 Å². The number of urea groups is 1. The van der Waals surface area contributed by atoms with Gasteiger partial charge in [0.25, 0.3) is 0 Å². The molecule has 2 heterocycles. The fraction of sp³-hybridized carbons (Fsp3) is 0.294. The van der Waals surface area contributed by atoms with Gasteiger partial charge in [-0.1, -0.05) is 54.6 Å². The molecule has 2 aliphatic heterocycles. The highest BCUT2D eigenvalue weighted by Gasteiger charge is 2.51. The third-order valence-corrected chi connectivity index (χ3v) is 7.96. The first-order valence-electron chi connectivity index (χ1n) is 15.0. The Bertz CT molecular complexity index is 1640. The summed E-state index contributed by atoms with van der Waals surface area (Å²) in [4.78, 5) is 57.8. The Hall–Kier alpha value is -5.30. The SMILES string of the molecule is C=CCN1CC(=O)N2C(Cc3ccc(OC(=O)N(C)C)cc3)C(=O)N(Cc3ccc(F)cc3F)CC2N1C(=O)NCc1ccccc1. The molecule has 0 aliphatic carbocycles. The number of hydrogen-bond donors (Lipinski definition) is 1. The van der Waals surface area contributed by atoms with Crippen LogP contribution in [0, 0.1) is 11.6 Å². The molecule has 246 valence electrons. The highest BCUT2D eigenvalue weighted by atomic mass is 19.1. The van der Waals surface area contributed by atoms with Gasteiger partial charge in [-0.05, 0) is 29.3 Å². The van der Waals surface area contributed by atoms with Crippen LogP contribution in [-0.4, -0.2) is 94.6 Å². The second-order valence-electron chi connectivity index (χ2n) is 11.5. The van der Waals surface area contributed by atoms with Gasteiger partial charge >= 0.3 is 12.1 Å². The predicted molar refractivity (Wildman–Crippen MR) is 168 cm³/mol. The summed E-state index contributed by atoms with van der Waals surface area (Å²) in [5.41, 5.74) is 1.61. The fourth-order valence-electron chi connectivity index (χ4n) is 5.66. The van der Waals surface area contributed by atoms with Crippen LogP contribution in [0.4, 0.5) is 18.4 Å². The first kappa shape index (κ1) is 33.1. The number of piperazine rings is 1. The van der Waals surface area contributed by atoms with Gasteiger partial charge in [0.05, 0.1) is 13.1 Å². The molecule has 0 aromatic heterocycles. The average Bonchev–Trinajstić information content (AvgIpc) is 3.04. The number of rotatable bonds is 9. The Morgan fingerprint density at radius 1 is 1.02 bits per heavy atom. The number of benzene rings is 3. The highest BCUT2D eigenvalue weighted by Crippen LogP contribution is 2.30. The molecule has 2 saturated heterocycles. The third kappa shape index (κ3) is 7.58. The van der Waals surface area contributed by atoms with Gasteiger partial charge in [0.2, 0.25) is 11.8 Å². The second kappa shape index (κ2) is 14.4. The molecule has 5 rings (SSSR count). The quantitative estimate of drug-likeness (QED) is 0.355. The zero-order valence-corrected chi connectivity index (χ0v) is 26.1. The molecule has 0 bridgehead atoms. The topological polar surface area (TPSA) is 106 Å². The molecule has 3 aromatic carbocycles. The van der Waals surface area contributed by atoms with Gasteiger partial charge in [-0.3, -0.25) is 9.59 Å². The van der Waals surface area contributed by atoms with Crippen LogP contribution in [0.15, 0.2) is 85.5 Å². The van der Waals surface area contributed by atoms with Crippen LogP contribution < -0.4 is 10.1 Å². The normalized spacial score (nSPS) is 18.1. The molecule has 3 aromatic rings. The van der Waals surface area contributed by atoms with Gasteiger partial charge in [0.1, 0.15) is 29.6 Å². The molecule has 11 nitrogen and oxygen atoms in total. The zero-order chi connectivity index (χ0) is 33.7. The summed E-state index contributed by atoms with van der Waals surface area (Å²) < 4.78 is 33.8. The average molecular weight is 647 g/mol. The Kier molecular flexibility index (Phi) is 10.1. The molecule has 2 atom stereocenters. The predicted octanol–water partition coefficient (Wildman–Crippen LogP) is 3.76. The molecular formula is C34H36F2N6O5. The highest BCUT2D eigenvalue weighted by molar-refractivity contribution is 5.91. The molecule has 2 aliphatic rings. The number of carbonyl (C=O) groups excluding carboxylic acids is 4. The fourth-order valence-corrected chi connectivity index (χ4v) is 5.66. The van der Waals surface area contributed by atoms with Crippen molar-refractivity contribution in [3.63, 3.8) is 0 Å². The lowest BCUT2D eigenvalue weighted by Gasteiger charge is -2.55. The van der Waals surface area contributed by atoms with E-state index >= 15 is 0 Å². The van der Waals surface area contributed by atoms with Crippen molar-refractivity contribution in [3.8, 4) is 5.75 Å². The number of halogens is 2. The summed E-state index contributed by atoms with van der Waals surface area (Å²) in [6, 6.07) is 17.4. The first-order chi connectivity index (χ1) is 22.5. The van der Waals surface area contributed by atoms with E-state index in [9.17, 15) is 28.0 Å². The first-order valence-corrected chi connectivity index (χ1v) is 15.0. The van der Waals surface area contributed by atoms with Crippen molar-refractivity contribution in [2.45, 2.75) is 31.7 Å². The Balaban J connectivity index is 1.48. The summed E-state index contributed by atoms with van der Waals surface area (Å²) in [5.74, 6) is -2.09. The number of carbonyl (C=O) groups is 4. The van der Waals surface area contributed by atoms with Crippen LogP contribution in [0.3, 0.4) is 0 Å². The molecule has 13 heteroatoms. The standard InChI is InChI=1S/C34H36F2N6O5/c1-4-16-40-22-31(43)41-29(17-23-10-14-27(15-11-23)47-34(46)38(2)3)32(44)39(20-25-12-13-26(35)18-28(25)36)21-30(41)42(40)33(45)37-19-24-8-6-5-7-9-24/h4-15,18,29-30H,1,16-17,19-22H2,2-3H3,(H,37,45). The van der Waals surface area contributed by atoms with Crippen LogP contribution in [-0.2, 0) is 29.1 Å². The Labute approximate surface area is 271 Å². The summed E-state index contributed by atoms with van der Waals surface area (Å²) in [6.45, 7) is 3.66. The molecule has 0 radical (unpaired) electrons. The van der Waals surface area contributed by atoms with Crippen molar-refractivity contribution in [1.82, 2.24) is 30.0 Å². The van der Waals surface area contributed by atoms with Gasteiger partial charge in [0.15, 0.2) is 0 Å². The monoisotopic (exact) mass is 646 g/mol. The maximum Gasteiger partial charge on any atom is 0.414 e. The molecule has 2 unspecified atom stereocenters. The van der Waals surface area contributed by atoms with E-state index in [1.807, 2.05) is 30.3 Å². The number of nitrogens with one attached hydrogen (secondary N) is 1. The van der Waals surface area contributed by atoms with Crippen LogP contribution in [0.2, 0.25) is 0 Å². The van der Waals surface area contributed by atoms with Crippen molar-refractivity contribution in [1.29, 1.82) is 0 Å². The number of hydrazine groups is 1. The van der Waals surface area contributed by atoms with Crippen molar-refractivity contribution in [2.75, 3.05) is 33.7 Å². The molecular weight excluding hydrogens is 610 g/mol. The van der Waals surface area contributed by atoms with Crippen molar-refractivity contribution in [3.05, 3.63) is 114 Å². The van der Waals surface area contributed by atoms with Gasteiger partial charge in [0, 0.05) is 51.8 Å². The molecule has 2 fully saturated rings. The van der Waals surface area contributed by atoms with Crippen molar-refractivity contribution < 1.29 is 32.7 Å². The molecule has 47 heavy (non-hydrogen) atoms. The van der Waals surface area contributed by atoms with Crippen LogP contribution in [0.5, 0.6) is 5.75 Å². The summed E-state index contributed by atoms with van der Waals surface area (Å²) >= 11 is 0. The van der Waals surface area contributed by atoms with Crippen molar-refractivity contribution in [2.24, 2.45) is 0 Å². The minimum absolute atomic E-state index is 0.0618. The lowest BCUT2D eigenvalue weighted by molar-refractivity contribution is -0.189. The van der Waals surface area contributed by atoms with Crippen LogP contribution in [0.1, 0.15) is 16.7 Å². The maximum absolute atomic E-state index is 14.8. The third-order valence-electron chi connectivity index (χ3n) is 7.96. The maximum atomic E-state index is 14.8. The number of hydrogen-bond acceptors (Lipinski definition) is 6. The van der Waals surface area contributed by atoms with E-state index in [0.717, 1.165) is 17.7 Å². The van der Waals surface area contributed by atoms with Crippen LogP contribution >= 0.6 is 0 Å². The van der Waals surface area contributed by atoms with E-state index in [1.165, 1.54) is 25.8 Å². The van der Waals surface area contributed by atoms with Gasteiger partial charge in [-0.25, -0.2) is 28.4 Å². The zero-order valence-electron chi connectivity index (χ0n) is 26.1. The minimum Gasteiger partial charge on any atom is -0.410 e. The molecule has 5 amide bonds. The second-order valence-corrected chi connectivity index (χ2v) is 11.5. The van der Waals surface area contributed by atoms with Gasteiger partial charge in [-0.15, -0.1) is 6.58 Å². The Morgan fingerprint density at radius 3 is 2.40 bits per heavy atom. The number of amides is 5.